The van der Waals surface area contributed by atoms with Gasteiger partial charge >= 0.3 is 0 Å². The summed E-state index contributed by atoms with van der Waals surface area (Å²) in [4.78, 5) is 3.99. The minimum atomic E-state index is -3.75. The van der Waals surface area contributed by atoms with Gasteiger partial charge in [0.05, 0.1) is 4.90 Å². The molecule has 0 unspecified atom stereocenters. The maximum absolute atomic E-state index is 13.4. The Bertz CT molecular complexity index is 721. The maximum atomic E-state index is 13.4. The van der Waals surface area contributed by atoms with Crippen molar-refractivity contribution in [3.8, 4) is 0 Å². The van der Waals surface area contributed by atoms with Gasteiger partial charge in [0.15, 0.2) is 9.84 Å². The van der Waals surface area contributed by atoms with E-state index in [4.69, 9.17) is 5.73 Å². The number of nitrogens with zero attached hydrogens (tertiary/aromatic N) is 1. The molecule has 2 rings (SSSR count). The van der Waals surface area contributed by atoms with E-state index < -0.39 is 21.4 Å². The van der Waals surface area contributed by atoms with E-state index in [1.165, 1.54) is 12.3 Å². The summed E-state index contributed by atoms with van der Waals surface area (Å²) in [6.07, 6.45) is 4.10. The third-order valence-corrected chi connectivity index (χ3v) is 4.33. The van der Waals surface area contributed by atoms with Gasteiger partial charge in [-0.1, -0.05) is 12.1 Å². The summed E-state index contributed by atoms with van der Waals surface area (Å²) in [5.74, 6) is -1.43. The second kappa shape index (κ2) is 5.46. The average Bonchev–Trinajstić information content (AvgIpc) is 2.37. The number of hydrogen-bond acceptors (Lipinski definition) is 4. The molecule has 0 fully saturated rings. The zero-order valence-corrected chi connectivity index (χ0v) is 10.9. The van der Waals surface area contributed by atoms with E-state index in [1.807, 2.05) is 0 Å². The van der Waals surface area contributed by atoms with Crippen LogP contribution in [0.3, 0.4) is 0 Å². The van der Waals surface area contributed by atoms with Gasteiger partial charge in [-0.15, -0.1) is 0 Å². The number of aromatic nitrogens is 1. The molecular weight excluding hydrogens is 267 g/mol. The molecule has 1 aromatic heterocycles. The van der Waals surface area contributed by atoms with Crippen molar-refractivity contribution >= 4 is 20.6 Å². The van der Waals surface area contributed by atoms with Crippen molar-refractivity contribution in [2.75, 3.05) is 12.3 Å². The highest BCUT2D eigenvalue weighted by atomic mass is 32.2. The number of benzene rings is 1. The first-order valence-corrected chi connectivity index (χ1v) is 7.30. The van der Waals surface area contributed by atoms with Crippen LogP contribution in [0.15, 0.2) is 53.5 Å². The highest BCUT2D eigenvalue weighted by Gasteiger charge is 2.19. The molecule has 0 aliphatic heterocycles. The second-order valence-corrected chi connectivity index (χ2v) is 5.96. The Kier molecular flexibility index (Phi) is 3.92. The van der Waals surface area contributed by atoms with Crippen LogP contribution in [0.4, 0.5) is 4.39 Å². The second-order valence-electron chi connectivity index (χ2n) is 4.00. The topological polar surface area (TPSA) is 73.1 Å². The lowest BCUT2D eigenvalue weighted by Crippen LogP contribution is -2.09. The summed E-state index contributed by atoms with van der Waals surface area (Å²) in [6.45, 7) is -0.0293. The van der Waals surface area contributed by atoms with Crippen LogP contribution in [0, 0.1) is 0 Å². The largest absolute Gasteiger partial charge is 0.327 e. The summed E-state index contributed by atoms with van der Waals surface area (Å²) in [7, 11) is -3.75. The van der Waals surface area contributed by atoms with Gasteiger partial charge in [0.25, 0.3) is 0 Å². The van der Waals surface area contributed by atoms with E-state index >= 15 is 0 Å². The van der Waals surface area contributed by atoms with E-state index in [1.54, 1.807) is 24.4 Å². The zero-order valence-electron chi connectivity index (χ0n) is 10.1. The molecule has 0 bridgehead atoms. The number of hydrogen-bond donors (Lipinski definition) is 1. The highest BCUT2D eigenvalue weighted by Crippen LogP contribution is 2.24. The zero-order chi connectivity index (χ0) is 13.9. The lowest BCUT2D eigenvalue weighted by atomic mass is 10.2. The molecule has 19 heavy (non-hydrogen) atoms. The van der Waals surface area contributed by atoms with E-state index in [0.717, 1.165) is 11.5 Å². The van der Waals surface area contributed by atoms with Gasteiger partial charge in [0.2, 0.25) is 0 Å². The van der Waals surface area contributed by atoms with Crippen molar-refractivity contribution in [3.63, 3.8) is 0 Å². The standard InChI is InChI=1S/C13H13FN2O2S/c14-11(4-6-15)9-19(17,18)13-3-1-2-10-5-7-16-8-12(10)13/h1-5,7-8H,6,9,15H2/b11-4-. The maximum Gasteiger partial charge on any atom is 0.185 e. The lowest BCUT2D eigenvalue weighted by molar-refractivity contribution is 0.584. The van der Waals surface area contributed by atoms with Gasteiger partial charge in [0.1, 0.15) is 11.6 Å². The molecule has 1 heterocycles. The van der Waals surface area contributed by atoms with Gasteiger partial charge in [-0.3, -0.25) is 4.98 Å². The van der Waals surface area contributed by atoms with Crippen molar-refractivity contribution in [1.82, 2.24) is 4.98 Å². The summed E-state index contributed by atoms with van der Waals surface area (Å²) < 4.78 is 37.7. The number of sulfone groups is 1. The van der Waals surface area contributed by atoms with E-state index in [-0.39, 0.29) is 11.4 Å². The Morgan fingerprint density at radius 1 is 1.37 bits per heavy atom. The fraction of sp³-hybridized carbons (Fsp3) is 0.154. The Hall–Kier alpha value is -1.79. The lowest BCUT2D eigenvalue weighted by Gasteiger charge is -2.06. The van der Waals surface area contributed by atoms with E-state index in [0.29, 0.717) is 5.39 Å². The average molecular weight is 280 g/mol. The van der Waals surface area contributed by atoms with Gasteiger partial charge < -0.3 is 5.73 Å². The van der Waals surface area contributed by atoms with Crippen LogP contribution in [-0.4, -0.2) is 25.7 Å². The molecule has 0 aliphatic rings. The van der Waals surface area contributed by atoms with Gasteiger partial charge in [-0.05, 0) is 23.6 Å². The molecule has 0 saturated heterocycles. The van der Waals surface area contributed by atoms with Gasteiger partial charge in [-0.2, -0.15) is 0 Å². The summed E-state index contributed by atoms with van der Waals surface area (Å²) in [5.41, 5.74) is 5.16. The van der Waals surface area contributed by atoms with Crippen molar-refractivity contribution in [3.05, 3.63) is 48.6 Å². The van der Waals surface area contributed by atoms with Crippen LogP contribution in [0.1, 0.15) is 0 Å². The molecule has 0 radical (unpaired) electrons. The minimum absolute atomic E-state index is 0.0293. The molecule has 4 nitrogen and oxygen atoms in total. The van der Waals surface area contributed by atoms with Gasteiger partial charge in [-0.25, -0.2) is 12.8 Å². The SMILES string of the molecule is NC/C=C(\F)CS(=O)(=O)c1cccc2ccncc12. The molecule has 1 aromatic carbocycles. The van der Waals surface area contributed by atoms with Crippen LogP contribution in [0.25, 0.3) is 10.8 Å². The number of rotatable bonds is 4. The number of nitrogens with two attached hydrogens (primary N) is 1. The van der Waals surface area contributed by atoms with Crippen LogP contribution >= 0.6 is 0 Å². The van der Waals surface area contributed by atoms with Crippen LogP contribution in [0.5, 0.6) is 0 Å². The Morgan fingerprint density at radius 2 is 2.16 bits per heavy atom. The number of fused-ring (bicyclic) bond motifs is 1. The normalized spacial score (nSPS) is 12.8. The van der Waals surface area contributed by atoms with Crippen molar-refractivity contribution in [2.45, 2.75) is 4.90 Å². The number of pyridine rings is 1. The van der Waals surface area contributed by atoms with Gasteiger partial charge in [0, 0.05) is 24.3 Å². The molecule has 100 valence electrons. The molecule has 0 amide bonds. The summed E-state index contributed by atoms with van der Waals surface area (Å²) in [6, 6.07) is 6.57. The molecule has 2 aromatic rings. The van der Waals surface area contributed by atoms with Crippen LogP contribution in [-0.2, 0) is 9.84 Å². The summed E-state index contributed by atoms with van der Waals surface area (Å²) >= 11 is 0. The monoisotopic (exact) mass is 280 g/mol. The van der Waals surface area contributed by atoms with Crippen molar-refractivity contribution < 1.29 is 12.8 Å². The fourth-order valence-corrected chi connectivity index (χ4v) is 3.23. The third-order valence-electron chi connectivity index (χ3n) is 2.65. The quantitative estimate of drug-likeness (QED) is 0.927. The first kappa shape index (κ1) is 13.6. The third kappa shape index (κ3) is 2.97. The number of halogens is 1. The Labute approximate surface area is 110 Å². The van der Waals surface area contributed by atoms with E-state index in [2.05, 4.69) is 4.98 Å². The molecule has 0 saturated carbocycles. The van der Waals surface area contributed by atoms with E-state index in [9.17, 15) is 12.8 Å². The van der Waals surface area contributed by atoms with Crippen molar-refractivity contribution in [1.29, 1.82) is 0 Å². The first-order valence-electron chi connectivity index (χ1n) is 5.64. The highest BCUT2D eigenvalue weighted by molar-refractivity contribution is 7.91. The van der Waals surface area contributed by atoms with Crippen molar-refractivity contribution in [2.24, 2.45) is 5.73 Å². The first-order chi connectivity index (χ1) is 9.04. The molecule has 0 aliphatic carbocycles. The molecule has 2 N–H and O–H groups in total. The predicted molar refractivity (Wildman–Crippen MR) is 72.0 cm³/mol. The molecule has 0 atom stereocenters. The molecule has 0 spiro atoms. The predicted octanol–water partition coefficient (Wildman–Crippen LogP) is 1.82. The molecular formula is C13H13FN2O2S. The smallest absolute Gasteiger partial charge is 0.185 e. The summed E-state index contributed by atoms with van der Waals surface area (Å²) in [5, 5.41) is 1.24. The van der Waals surface area contributed by atoms with Crippen LogP contribution < -0.4 is 5.73 Å². The molecule has 6 heteroatoms. The minimum Gasteiger partial charge on any atom is -0.327 e. The Balaban J connectivity index is 2.52. The fourth-order valence-electron chi connectivity index (χ4n) is 1.80. The van der Waals surface area contributed by atoms with Crippen LogP contribution in [0.2, 0.25) is 0 Å². The Morgan fingerprint density at radius 3 is 2.89 bits per heavy atom.